The van der Waals surface area contributed by atoms with Crippen LogP contribution in [-0.4, -0.2) is 52.6 Å². The third-order valence-electron chi connectivity index (χ3n) is 4.98. The van der Waals surface area contributed by atoms with Crippen LogP contribution in [0.3, 0.4) is 0 Å². The second kappa shape index (κ2) is 5.99. The predicted octanol–water partition coefficient (Wildman–Crippen LogP) is 0.427. The Kier molecular flexibility index (Phi) is 3.63. The topological polar surface area (TPSA) is 87.0 Å². The van der Waals surface area contributed by atoms with Crippen molar-refractivity contribution in [3.8, 4) is 11.5 Å². The van der Waals surface area contributed by atoms with E-state index < -0.39 is 12.4 Å². The lowest BCUT2D eigenvalue weighted by Gasteiger charge is -2.39. The van der Waals surface area contributed by atoms with Gasteiger partial charge in [-0.1, -0.05) is 6.07 Å². The molecule has 5 atom stereocenters. The van der Waals surface area contributed by atoms with Crippen LogP contribution >= 0.6 is 0 Å². The first-order valence-corrected chi connectivity index (χ1v) is 8.34. The Morgan fingerprint density at radius 1 is 1.28 bits per heavy atom. The highest BCUT2D eigenvalue weighted by Crippen LogP contribution is 2.36. The Labute approximate surface area is 144 Å². The molecule has 0 spiro atoms. The predicted molar refractivity (Wildman–Crippen MR) is 85.1 cm³/mol. The molecule has 2 saturated heterocycles. The molecule has 0 saturated carbocycles. The molecule has 3 aliphatic rings. The van der Waals surface area contributed by atoms with Crippen LogP contribution < -0.4 is 14.8 Å². The summed E-state index contributed by atoms with van der Waals surface area (Å²) >= 11 is 0. The molecule has 1 aromatic heterocycles. The standard InChI is InChI=1S/C17H19N3O5/c21-16-14(19-6-10-1-2-11-12(5-10)24-9-23-11)13-7-22-17(25-13)15(16)20-4-3-18-8-20/h1-5,8,13-17,19,21H,6-7,9H2. The number of aromatic nitrogens is 2. The molecule has 8 nitrogen and oxygen atoms in total. The zero-order chi connectivity index (χ0) is 16.8. The molecule has 4 heterocycles. The number of nitrogens with zero attached hydrogens (tertiary/aromatic N) is 2. The van der Waals surface area contributed by atoms with Crippen LogP contribution in [0.4, 0.5) is 0 Å². The second-order valence-corrected chi connectivity index (χ2v) is 6.46. The van der Waals surface area contributed by atoms with E-state index in [1.54, 1.807) is 12.5 Å². The second-order valence-electron chi connectivity index (χ2n) is 6.46. The molecule has 2 fully saturated rings. The molecular weight excluding hydrogens is 326 g/mol. The molecule has 0 aliphatic carbocycles. The Morgan fingerprint density at radius 3 is 3.08 bits per heavy atom. The third kappa shape index (κ3) is 2.58. The molecule has 2 aromatic rings. The Hall–Kier alpha value is -2.13. The van der Waals surface area contributed by atoms with Gasteiger partial charge in [0, 0.05) is 18.9 Å². The molecule has 132 valence electrons. The minimum absolute atomic E-state index is 0.172. The van der Waals surface area contributed by atoms with E-state index in [9.17, 15) is 5.11 Å². The van der Waals surface area contributed by atoms with Crippen molar-refractivity contribution in [3.63, 3.8) is 0 Å². The summed E-state index contributed by atoms with van der Waals surface area (Å²) in [5, 5.41) is 14.3. The summed E-state index contributed by atoms with van der Waals surface area (Å²) in [5.74, 6) is 1.51. The van der Waals surface area contributed by atoms with Crippen molar-refractivity contribution >= 4 is 0 Å². The van der Waals surface area contributed by atoms with Crippen LogP contribution in [-0.2, 0) is 16.0 Å². The fourth-order valence-electron chi connectivity index (χ4n) is 3.70. The first kappa shape index (κ1) is 15.2. The highest BCUT2D eigenvalue weighted by atomic mass is 16.7. The molecule has 0 amide bonds. The molecule has 5 unspecified atom stereocenters. The first-order chi connectivity index (χ1) is 12.3. The van der Waals surface area contributed by atoms with Crippen LogP contribution in [0.5, 0.6) is 11.5 Å². The molecule has 8 heteroatoms. The number of rotatable bonds is 4. The SMILES string of the molecule is OC1C(NCc2ccc3c(c2)OCO3)C2COC(O2)C1n1ccnc1. The normalized spacial score (nSPS) is 32.9. The van der Waals surface area contributed by atoms with E-state index in [4.69, 9.17) is 18.9 Å². The van der Waals surface area contributed by atoms with Gasteiger partial charge in [0.15, 0.2) is 17.8 Å². The Balaban J connectivity index is 1.33. The fraction of sp³-hybridized carbons (Fsp3) is 0.471. The minimum atomic E-state index is -0.644. The molecule has 5 rings (SSSR count). The summed E-state index contributed by atoms with van der Waals surface area (Å²) in [4.78, 5) is 4.06. The van der Waals surface area contributed by atoms with Crippen LogP contribution in [0.15, 0.2) is 36.9 Å². The maximum atomic E-state index is 10.9. The maximum Gasteiger partial charge on any atom is 0.231 e. The summed E-state index contributed by atoms with van der Waals surface area (Å²) in [6.07, 6.45) is 3.91. The number of nitrogens with one attached hydrogen (secondary N) is 1. The van der Waals surface area contributed by atoms with E-state index in [0.29, 0.717) is 13.2 Å². The number of benzene rings is 1. The number of hydrogen-bond acceptors (Lipinski definition) is 7. The Morgan fingerprint density at radius 2 is 2.20 bits per heavy atom. The molecule has 1 aromatic carbocycles. The van der Waals surface area contributed by atoms with Gasteiger partial charge in [0.05, 0.1) is 25.1 Å². The number of aliphatic hydroxyl groups is 1. The van der Waals surface area contributed by atoms with E-state index in [2.05, 4.69) is 10.3 Å². The molecular formula is C17H19N3O5. The quantitative estimate of drug-likeness (QED) is 0.831. The highest BCUT2D eigenvalue weighted by Gasteiger charge is 2.50. The van der Waals surface area contributed by atoms with Gasteiger partial charge in [-0.25, -0.2) is 4.98 Å². The first-order valence-electron chi connectivity index (χ1n) is 8.34. The van der Waals surface area contributed by atoms with E-state index in [1.165, 1.54) is 0 Å². The number of hydrogen-bond donors (Lipinski definition) is 2. The van der Waals surface area contributed by atoms with E-state index in [-0.39, 0.29) is 25.0 Å². The van der Waals surface area contributed by atoms with E-state index >= 15 is 0 Å². The van der Waals surface area contributed by atoms with Gasteiger partial charge in [0.2, 0.25) is 6.79 Å². The molecule has 2 N–H and O–H groups in total. The van der Waals surface area contributed by atoms with Gasteiger partial charge < -0.3 is 33.9 Å². The maximum absolute atomic E-state index is 10.9. The van der Waals surface area contributed by atoms with E-state index in [1.807, 2.05) is 29.0 Å². The van der Waals surface area contributed by atoms with Crippen molar-refractivity contribution in [1.82, 2.24) is 14.9 Å². The minimum Gasteiger partial charge on any atom is -0.454 e. The van der Waals surface area contributed by atoms with Crippen molar-refractivity contribution in [2.45, 2.75) is 37.1 Å². The molecule has 2 bridgehead atoms. The van der Waals surface area contributed by atoms with Crippen molar-refractivity contribution in [1.29, 1.82) is 0 Å². The van der Waals surface area contributed by atoms with Crippen molar-refractivity contribution in [2.24, 2.45) is 0 Å². The summed E-state index contributed by atoms with van der Waals surface area (Å²) < 4.78 is 24.2. The van der Waals surface area contributed by atoms with Gasteiger partial charge >= 0.3 is 0 Å². The lowest BCUT2D eigenvalue weighted by Crippen LogP contribution is -2.57. The van der Waals surface area contributed by atoms with Gasteiger partial charge in [0.25, 0.3) is 0 Å². The van der Waals surface area contributed by atoms with Gasteiger partial charge in [-0.05, 0) is 17.7 Å². The number of ether oxygens (including phenoxy) is 4. The molecule has 0 radical (unpaired) electrons. The summed E-state index contributed by atoms with van der Waals surface area (Å²) in [7, 11) is 0. The smallest absolute Gasteiger partial charge is 0.231 e. The zero-order valence-corrected chi connectivity index (χ0v) is 13.4. The highest BCUT2D eigenvalue weighted by molar-refractivity contribution is 5.44. The summed E-state index contributed by atoms with van der Waals surface area (Å²) in [5.41, 5.74) is 1.05. The number of imidazole rings is 1. The van der Waals surface area contributed by atoms with Crippen molar-refractivity contribution < 1.29 is 24.1 Å². The van der Waals surface area contributed by atoms with Crippen LogP contribution in [0.25, 0.3) is 0 Å². The lowest BCUT2D eigenvalue weighted by molar-refractivity contribution is -0.165. The molecule has 3 aliphatic heterocycles. The third-order valence-corrected chi connectivity index (χ3v) is 4.98. The fourth-order valence-corrected chi connectivity index (χ4v) is 3.70. The summed E-state index contributed by atoms with van der Waals surface area (Å²) in [6, 6.07) is 5.27. The average Bonchev–Trinajstić information content (AvgIpc) is 3.36. The van der Waals surface area contributed by atoms with Crippen molar-refractivity contribution in [2.75, 3.05) is 13.4 Å². The lowest BCUT2D eigenvalue weighted by atomic mass is 9.95. The van der Waals surface area contributed by atoms with Gasteiger partial charge in [-0.2, -0.15) is 0 Å². The largest absolute Gasteiger partial charge is 0.454 e. The van der Waals surface area contributed by atoms with Gasteiger partial charge in [-0.3, -0.25) is 0 Å². The van der Waals surface area contributed by atoms with Crippen LogP contribution in [0.2, 0.25) is 0 Å². The average molecular weight is 345 g/mol. The van der Waals surface area contributed by atoms with E-state index in [0.717, 1.165) is 17.1 Å². The molecule has 25 heavy (non-hydrogen) atoms. The summed E-state index contributed by atoms with van der Waals surface area (Å²) in [6.45, 7) is 1.31. The monoisotopic (exact) mass is 345 g/mol. The number of fused-ring (bicyclic) bond motifs is 3. The van der Waals surface area contributed by atoms with Crippen molar-refractivity contribution in [3.05, 3.63) is 42.5 Å². The number of aliphatic hydroxyl groups excluding tert-OH is 1. The van der Waals surface area contributed by atoms with Crippen LogP contribution in [0, 0.1) is 0 Å². The van der Waals surface area contributed by atoms with Gasteiger partial charge in [0.1, 0.15) is 12.1 Å². The Bertz CT molecular complexity index is 753. The zero-order valence-electron chi connectivity index (χ0n) is 13.4. The van der Waals surface area contributed by atoms with Crippen LogP contribution in [0.1, 0.15) is 11.6 Å². The van der Waals surface area contributed by atoms with Gasteiger partial charge in [-0.15, -0.1) is 0 Å².